The third-order valence-corrected chi connectivity index (χ3v) is 4.01. The molecule has 0 atom stereocenters. The molecular weight excluding hydrogens is 305 g/mol. The summed E-state index contributed by atoms with van der Waals surface area (Å²) in [5.41, 5.74) is 4.80. The van der Waals surface area contributed by atoms with E-state index in [0.29, 0.717) is 16.9 Å². The summed E-state index contributed by atoms with van der Waals surface area (Å²) in [6, 6.07) is 15.9. The molecule has 2 aromatic carbocycles. The van der Waals surface area contributed by atoms with E-state index in [-0.39, 0.29) is 12.4 Å². The predicted octanol–water partition coefficient (Wildman–Crippen LogP) is 3.92. The molecule has 4 aromatic rings. The van der Waals surface area contributed by atoms with Gasteiger partial charge in [-0.3, -0.25) is 5.10 Å². The van der Waals surface area contributed by atoms with Gasteiger partial charge < -0.3 is 5.11 Å². The van der Waals surface area contributed by atoms with E-state index in [0.717, 1.165) is 22.1 Å². The molecule has 0 aliphatic heterocycles. The van der Waals surface area contributed by atoms with E-state index in [9.17, 15) is 9.50 Å². The number of aromatic amines is 1. The number of aliphatic hydroxyl groups is 1. The van der Waals surface area contributed by atoms with Gasteiger partial charge in [0.15, 0.2) is 5.65 Å². The van der Waals surface area contributed by atoms with Gasteiger partial charge >= 0.3 is 0 Å². The fraction of sp³-hybridized carbons (Fsp3) is 0.0526. The van der Waals surface area contributed by atoms with Crippen molar-refractivity contribution in [2.75, 3.05) is 0 Å². The van der Waals surface area contributed by atoms with Crippen molar-refractivity contribution in [2.24, 2.45) is 0 Å². The first-order chi connectivity index (χ1) is 11.8. The summed E-state index contributed by atoms with van der Waals surface area (Å²) < 4.78 is 13.6. The van der Waals surface area contributed by atoms with E-state index < -0.39 is 0 Å². The Bertz CT molecular complexity index is 1010. The minimum absolute atomic E-state index is 0.00624. The van der Waals surface area contributed by atoms with Crippen molar-refractivity contribution in [3.63, 3.8) is 0 Å². The van der Waals surface area contributed by atoms with Gasteiger partial charge in [0.25, 0.3) is 0 Å². The summed E-state index contributed by atoms with van der Waals surface area (Å²) >= 11 is 0. The molecule has 0 radical (unpaired) electrons. The second-order valence-corrected chi connectivity index (χ2v) is 5.52. The number of H-pyrrole nitrogens is 1. The van der Waals surface area contributed by atoms with Crippen LogP contribution in [0.2, 0.25) is 0 Å². The van der Waals surface area contributed by atoms with E-state index in [1.54, 1.807) is 12.3 Å². The van der Waals surface area contributed by atoms with Crippen molar-refractivity contribution in [1.29, 1.82) is 0 Å². The third-order valence-electron chi connectivity index (χ3n) is 4.01. The quantitative estimate of drug-likeness (QED) is 0.601. The first-order valence-corrected chi connectivity index (χ1v) is 7.55. The van der Waals surface area contributed by atoms with Crippen molar-refractivity contribution in [3.05, 3.63) is 72.2 Å². The minimum Gasteiger partial charge on any atom is -0.392 e. The first kappa shape index (κ1) is 14.5. The van der Waals surface area contributed by atoms with E-state index in [2.05, 4.69) is 15.2 Å². The summed E-state index contributed by atoms with van der Waals surface area (Å²) in [6.07, 6.45) is 1.71. The van der Waals surface area contributed by atoms with Crippen LogP contribution in [0.5, 0.6) is 0 Å². The molecule has 118 valence electrons. The Hall–Kier alpha value is -3.05. The monoisotopic (exact) mass is 319 g/mol. The molecule has 0 amide bonds. The number of aliphatic hydroxyl groups excluding tert-OH is 1. The van der Waals surface area contributed by atoms with Crippen LogP contribution < -0.4 is 0 Å². The van der Waals surface area contributed by atoms with Crippen molar-refractivity contribution < 1.29 is 9.50 Å². The van der Waals surface area contributed by atoms with Crippen molar-refractivity contribution in [1.82, 2.24) is 15.2 Å². The molecule has 0 aliphatic carbocycles. The lowest BCUT2D eigenvalue weighted by atomic mass is 9.99. The fourth-order valence-electron chi connectivity index (χ4n) is 2.83. The standard InChI is InChI=1S/C19H14FN3O/c20-15-3-1-2-14(10-15)18-17-16(8-9-21-19(17)23-22-18)13-6-4-12(11-24)5-7-13/h1-10,24H,11H2,(H,21,22,23). The maximum absolute atomic E-state index is 13.6. The second-order valence-electron chi connectivity index (χ2n) is 5.52. The van der Waals surface area contributed by atoms with Crippen LogP contribution in [0.4, 0.5) is 4.39 Å². The van der Waals surface area contributed by atoms with E-state index >= 15 is 0 Å². The van der Waals surface area contributed by atoms with Crippen LogP contribution in [0, 0.1) is 5.82 Å². The van der Waals surface area contributed by atoms with Crippen molar-refractivity contribution >= 4 is 11.0 Å². The molecule has 0 bridgehead atoms. The first-order valence-electron chi connectivity index (χ1n) is 7.55. The fourth-order valence-corrected chi connectivity index (χ4v) is 2.83. The highest BCUT2D eigenvalue weighted by Crippen LogP contribution is 2.34. The molecule has 0 saturated carbocycles. The number of pyridine rings is 1. The van der Waals surface area contributed by atoms with Crippen LogP contribution in [0.3, 0.4) is 0 Å². The van der Waals surface area contributed by atoms with Gasteiger partial charge in [0.2, 0.25) is 0 Å². The van der Waals surface area contributed by atoms with E-state index in [4.69, 9.17) is 0 Å². The van der Waals surface area contributed by atoms with Gasteiger partial charge in [0.1, 0.15) is 11.5 Å². The average molecular weight is 319 g/mol. The van der Waals surface area contributed by atoms with Gasteiger partial charge in [-0.2, -0.15) is 5.10 Å². The largest absolute Gasteiger partial charge is 0.392 e. The normalized spacial score (nSPS) is 11.1. The molecule has 24 heavy (non-hydrogen) atoms. The van der Waals surface area contributed by atoms with Crippen LogP contribution in [0.1, 0.15) is 5.56 Å². The molecule has 2 heterocycles. The Morgan fingerprint density at radius 1 is 1.00 bits per heavy atom. The van der Waals surface area contributed by atoms with Gasteiger partial charge in [-0.25, -0.2) is 9.37 Å². The third kappa shape index (κ3) is 2.45. The molecule has 0 saturated heterocycles. The molecule has 4 nitrogen and oxygen atoms in total. The highest BCUT2D eigenvalue weighted by Gasteiger charge is 2.14. The molecule has 4 rings (SSSR count). The van der Waals surface area contributed by atoms with Crippen molar-refractivity contribution in [3.8, 4) is 22.4 Å². The average Bonchev–Trinajstić information content (AvgIpc) is 3.06. The molecule has 0 unspecified atom stereocenters. The number of benzene rings is 2. The number of rotatable bonds is 3. The number of halogens is 1. The summed E-state index contributed by atoms with van der Waals surface area (Å²) in [5.74, 6) is -0.304. The molecule has 5 heteroatoms. The highest BCUT2D eigenvalue weighted by atomic mass is 19.1. The molecule has 0 aliphatic rings. The molecule has 0 fully saturated rings. The molecule has 2 aromatic heterocycles. The number of fused-ring (bicyclic) bond motifs is 1. The minimum atomic E-state index is -0.304. The van der Waals surface area contributed by atoms with Gasteiger partial charge in [-0.15, -0.1) is 0 Å². The zero-order valence-corrected chi connectivity index (χ0v) is 12.7. The Morgan fingerprint density at radius 2 is 1.83 bits per heavy atom. The van der Waals surface area contributed by atoms with Crippen LogP contribution in [0.25, 0.3) is 33.4 Å². The molecule has 2 N–H and O–H groups in total. The second kappa shape index (κ2) is 5.86. The maximum Gasteiger partial charge on any atom is 0.156 e. The Balaban J connectivity index is 1.94. The van der Waals surface area contributed by atoms with Crippen molar-refractivity contribution in [2.45, 2.75) is 6.61 Å². The topological polar surface area (TPSA) is 61.8 Å². The summed E-state index contributed by atoms with van der Waals surface area (Å²) in [5, 5.41) is 17.3. The zero-order chi connectivity index (χ0) is 16.5. The molecular formula is C19H14FN3O. The van der Waals surface area contributed by atoms with Crippen LogP contribution in [0.15, 0.2) is 60.8 Å². The summed E-state index contributed by atoms with van der Waals surface area (Å²) in [4.78, 5) is 4.32. The Labute approximate surface area is 137 Å². The number of aromatic nitrogens is 3. The van der Waals surface area contributed by atoms with E-state index in [1.807, 2.05) is 36.4 Å². The lowest BCUT2D eigenvalue weighted by Crippen LogP contribution is -1.87. The maximum atomic E-state index is 13.6. The summed E-state index contributed by atoms with van der Waals surface area (Å²) in [6.45, 7) is 0.00624. The number of nitrogens with zero attached hydrogens (tertiary/aromatic N) is 2. The Morgan fingerprint density at radius 3 is 2.58 bits per heavy atom. The van der Waals surface area contributed by atoms with E-state index in [1.165, 1.54) is 12.1 Å². The Kier molecular flexibility index (Phi) is 3.55. The lowest BCUT2D eigenvalue weighted by molar-refractivity contribution is 0.282. The zero-order valence-electron chi connectivity index (χ0n) is 12.7. The number of hydrogen-bond donors (Lipinski definition) is 2. The lowest BCUT2D eigenvalue weighted by Gasteiger charge is -2.06. The van der Waals surface area contributed by atoms with Gasteiger partial charge in [0, 0.05) is 11.8 Å². The summed E-state index contributed by atoms with van der Waals surface area (Å²) in [7, 11) is 0. The van der Waals surface area contributed by atoms with Gasteiger partial charge in [0.05, 0.1) is 12.0 Å². The van der Waals surface area contributed by atoms with Crippen LogP contribution in [-0.4, -0.2) is 20.3 Å². The molecule has 0 spiro atoms. The van der Waals surface area contributed by atoms with Crippen LogP contribution in [-0.2, 0) is 6.61 Å². The van der Waals surface area contributed by atoms with Crippen LogP contribution >= 0.6 is 0 Å². The predicted molar refractivity (Wildman–Crippen MR) is 90.6 cm³/mol. The number of hydrogen-bond acceptors (Lipinski definition) is 3. The van der Waals surface area contributed by atoms with Gasteiger partial charge in [-0.05, 0) is 34.9 Å². The number of nitrogens with one attached hydrogen (secondary N) is 1. The van der Waals surface area contributed by atoms with Gasteiger partial charge in [-0.1, -0.05) is 36.4 Å². The highest BCUT2D eigenvalue weighted by molar-refractivity contribution is 6.02. The smallest absolute Gasteiger partial charge is 0.156 e. The SMILES string of the molecule is OCc1ccc(-c2ccnc3[nH]nc(-c4cccc(F)c4)c23)cc1.